The van der Waals surface area contributed by atoms with Crippen molar-refractivity contribution in [3.63, 3.8) is 0 Å². The number of rotatable bonds is 7. The monoisotopic (exact) mass is 392 g/mol. The Balaban J connectivity index is 1.82. The molecule has 5 atom stereocenters. The molecule has 1 aliphatic carbocycles. The molecule has 6 nitrogen and oxygen atoms in total. The van der Waals surface area contributed by atoms with E-state index in [0.717, 1.165) is 5.56 Å². The summed E-state index contributed by atoms with van der Waals surface area (Å²) in [6.07, 6.45) is -1.48. The zero-order valence-corrected chi connectivity index (χ0v) is 17.6. The van der Waals surface area contributed by atoms with Gasteiger partial charge in [-0.05, 0) is 40.2 Å². The highest BCUT2D eigenvalue weighted by molar-refractivity contribution is 5.89. The predicted molar refractivity (Wildman–Crippen MR) is 104 cm³/mol. The summed E-state index contributed by atoms with van der Waals surface area (Å²) in [5.74, 6) is -1.11. The van der Waals surface area contributed by atoms with Gasteiger partial charge < -0.3 is 23.7 Å². The van der Waals surface area contributed by atoms with Gasteiger partial charge in [0.2, 0.25) is 0 Å². The molecule has 4 unspecified atom stereocenters. The first-order valence-corrected chi connectivity index (χ1v) is 9.84. The number of ether oxygens (including phenoxy) is 5. The van der Waals surface area contributed by atoms with Crippen molar-refractivity contribution in [2.45, 2.75) is 83.6 Å². The third kappa shape index (κ3) is 4.99. The van der Waals surface area contributed by atoms with Crippen molar-refractivity contribution in [3.05, 3.63) is 35.9 Å². The van der Waals surface area contributed by atoms with Crippen LogP contribution in [0, 0.1) is 5.92 Å². The van der Waals surface area contributed by atoms with Crippen molar-refractivity contribution in [1.29, 1.82) is 0 Å². The Bertz CT molecular complexity index is 665. The lowest BCUT2D eigenvalue weighted by molar-refractivity contribution is -0.201. The van der Waals surface area contributed by atoms with Gasteiger partial charge in [-0.3, -0.25) is 4.79 Å². The standard InChI is InChI=1S/C22H32O6/c1-21(2,3)26-16-12-15(23)17(16)18(25-13-14-10-8-7-9-11-14)19-20(24-6)28-22(4,5)27-19/h7-11,16-20H,12-13H2,1-6H3/t16?,17?,18?,19?,20-/m1/s1. The summed E-state index contributed by atoms with van der Waals surface area (Å²) in [4.78, 5) is 12.6. The molecule has 156 valence electrons. The molecule has 1 aromatic rings. The Morgan fingerprint density at radius 1 is 1.18 bits per heavy atom. The van der Waals surface area contributed by atoms with Gasteiger partial charge in [0, 0.05) is 13.5 Å². The first kappa shape index (κ1) is 21.4. The topological polar surface area (TPSA) is 63.2 Å². The van der Waals surface area contributed by atoms with Crippen LogP contribution < -0.4 is 0 Å². The van der Waals surface area contributed by atoms with Crippen LogP contribution in [-0.4, -0.2) is 48.9 Å². The molecule has 0 spiro atoms. The van der Waals surface area contributed by atoms with E-state index in [0.29, 0.717) is 13.0 Å². The van der Waals surface area contributed by atoms with Gasteiger partial charge in [-0.15, -0.1) is 0 Å². The van der Waals surface area contributed by atoms with Crippen LogP contribution in [0.4, 0.5) is 0 Å². The molecule has 0 amide bonds. The number of hydrogen-bond donors (Lipinski definition) is 0. The Morgan fingerprint density at radius 3 is 2.43 bits per heavy atom. The second-order valence-electron chi connectivity index (χ2n) is 8.93. The van der Waals surface area contributed by atoms with Crippen LogP contribution in [0.3, 0.4) is 0 Å². The van der Waals surface area contributed by atoms with Gasteiger partial charge in [0.05, 0.1) is 24.2 Å². The molecule has 2 aliphatic rings. The average molecular weight is 392 g/mol. The molecule has 0 N–H and O–H groups in total. The fourth-order valence-electron chi connectivity index (χ4n) is 3.80. The van der Waals surface area contributed by atoms with Gasteiger partial charge in [-0.1, -0.05) is 30.3 Å². The maximum atomic E-state index is 12.6. The summed E-state index contributed by atoms with van der Waals surface area (Å²) in [5, 5.41) is 0. The van der Waals surface area contributed by atoms with Gasteiger partial charge in [-0.25, -0.2) is 0 Å². The van der Waals surface area contributed by atoms with Crippen LogP contribution in [-0.2, 0) is 35.1 Å². The number of Topliss-reactive ketones (excluding diaryl/α,β-unsaturated/α-hetero) is 1. The maximum Gasteiger partial charge on any atom is 0.189 e. The number of benzene rings is 1. The van der Waals surface area contributed by atoms with E-state index in [4.69, 9.17) is 23.7 Å². The molecule has 6 heteroatoms. The van der Waals surface area contributed by atoms with E-state index in [1.54, 1.807) is 7.11 Å². The van der Waals surface area contributed by atoms with E-state index >= 15 is 0 Å². The molecular formula is C22H32O6. The molecule has 28 heavy (non-hydrogen) atoms. The van der Waals surface area contributed by atoms with Gasteiger partial charge in [-0.2, -0.15) is 0 Å². The van der Waals surface area contributed by atoms with Crippen LogP contribution in [0.2, 0.25) is 0 Å². The summed E-state index contributed by atoms with van der Waals surface area (Å²) in [7, 11) is 1.57. The molecule has 0 bridgehead atoms. The van der Waals surface area contributed by atoms with Crippen LogP contribution in [0.25, 0.3) is 0 Å². The van der Waals surface area contributed by atoms with E-state index in [9.17, 15) is 4.79 Å². The van der Waals surface area contributed by atoms with Gasteiger partial charge >= 0.3 is 0 Å². The lowest BCUT2D eigenvalue weighted by atomic mass is 9.74. The van der Waals surface area contributed by atoms with Crippen molar-refractivity contribution in [3.8, 4) is 0 Å². The molecule has 1 saturated carbocycles. The van der Waals surface area contributed by atoms with Crippen molar-refractivity contribution < 1.29 is 28.5 Å². The summed E-state index contributed by atoms with van der Waals surface area (Å²) in [6.45, 7) is 10.0. The smallest absolute Gasteiger partial charge is 0.189 e. The molecular weight excluding hydrogens is 360 g/mol. The Morgan fingerprint density at radius 2 is 1.86 bits per heavy atom. The molecule has 3 rings (SSSR count). The lowest BCUT2D eigenvalue weighted by Gasteiger charge is -2.44. The highest BCUT2D eigenvalue weighted by Gasteiger charge is 2.55. The quantitative estimate of drug-likeness (QED) is 0.708. The second kappa shape index (κ2) is 8.20. The zero-order chi connectivity index (χ0) is 20.5. The molecule has 1 saturated heterocycles. The van der Waals surface area contributed by atoms with Crippen molar-refractivity contribution in [2.75, 3.05) is 7.11 Å². The molecule has 1 aromatic carbocycles. The molecule has 0 radical (unpaired) electrons. The average Bonchev–Trinajstić information content (AvgIpc) is 2.92. The number of carbonyl (C=O) groups is 1. The minimum atomic E-state index is -0.813. The summed E-state index contributed by atoms with van der Waals surface area (Å²) >= 11 is 0. The number of methoxy groups -OCH3 is 1. The van der Waals surface area contributed by atoms with E-state index in [1.807, 2.05) is 65.0 Å². The van der Waals surface area contributed by atoms with Crippen molar-refractivity contribution in [2.24, 2.45) is 5.92 Å². The first-order chi connectivity index (χ1) is 13.1. The number of carbonyl (C=O) groups excluding carboxylic acids is 1. The Labute approximate surface area is 167 Å². The maximum absolute atomic E-state index is 12.6. The summed E-state index contributed by atoms with van der Waals surface area (Å²) < 4.78 is 29.9. The normalized spacial score (nSPS) is 30.9. The Hall–Kier alpha value is -1.31. The highest BCUT2D eigenvalue weighted by atomic mass is 16.8. The minimum Gasteiger partial charge on any atom is -0.371 e. The van der Waals surface area contributed by atoms with E-state index in [2.05, 4.69) is 0 Å². The number of hydrogen-bond acceptors (Lipinski definition) is 6. The molecule has 1 aliphatic heterocycles. The zero-order valence-electron chi connectivity index (χ0n) is 17.6. The minimum absolute atomic E-state index is 0.121. The largest absolute Gasteiger partial charge is 0.371 e. The van der Waals surface area contributed by atoms with Gasteiger partial charge in [0.1, 0.15) is 18.0 Å². The fourth-order valence-corrected chi connectivity index (χ4v) is 3.80. The third-order valence-corrected chi connectivity index (χ3v) is 4.96. The fraction of sp³-hybridized carbons (Fsp3) is 0.682. The summed E-state index contributed by atoms with van der Waals surface area (Å²) in [6, 6.07) is 9.87. The Kier molecular flexibility index (Phi) is 6.27. The molecule has 0 aromatic heterocycles. The van der Waals surface area contributed by atoms with E-state index < -0.39 is 30.2 Å². The molecule has 1 heterocycles. The first-order valence-electron chi connectivity index (χ1n) is 9.84. The van der Waals surface area contributed by atoms with E-state index in [-0.39, 0.29) is 17.5 Å². The highest BCUT2D eigenvalue weighted by Crippen LogP contribution is 2.41. The lowest BCUT2D eigenvalue weighted by Crippen LogP contribution is -2.58. The van der Waals surface area contributed by atoms with Crippen LogP contribution >= 0.6 is 0 Å². The van der Waals surface area contributed by atoms with E-state index in [1.165, 1.54) is 0 Å². The third-order valence-electron chi connectivity index (χ3n) is 4.96. The SMILES string of the molecule is CO[C@@H]1OC(C)(C)OC1C(OCc1ccccc1)C1C(=O)CC1OC(C)(C)C. The molecule has 2 fully saturated rings. The predicted octanol–water partition coefficient (Wildman–Crippen LogP) is 3.47. The number of ketones is 1. The second-order valence-corrected chi connectivity index (χ2v) is 8.93. The van der Waals surface area contributed by atoms with Crippen molar-refractivity contribution >= 4 is 5.78 Å². The van der Waals surface area contributed by atoms with Gasteiger partial charge in [0.15, 0.2) is 12.1 Å². The summed E-state index contributed by atoms with van der Waals surface area (Å²) in [5.41, 5.74) is 0.681. The van der Waals surface area contributed by atoms with Crippen molar-refractivity contribution in [1.82, 2.24) is 0 Å². The van der Waals surface area contributed by atoms with Crippen LogP contribution in [0.5, 0.6) is 0 Å². The van der Waals surface area contributed by atoms with Crippen LogP contribution in [0.15, 0.2) is 30.3 Å². The van der Waals surface area contributed by atoms with Crippen LogP contribution in [0.1, 0.15) is 46.6 Å². The van der Waals surface area contributed by atoms with Gasteiger partial charge in [0.25, 0.3) is 0 Å².